The van der Waals surface area contributed by atoms with Crippen LogP contribution in [-0.4, -0.2) is 0 Å². The van der Waals surface area contributed by atoms with E-state index in [9.17, 15) is 4.39 Å². The molecule has 0 unspecified atom stereocenters. The average molecular weight is 256 g/mol. The Hall–Kier alpha value is -1.06. The Morgan fingerprint density at radius 1 is 1.38 bits per heavy atom. The Labute approximate surface area is 103 Å². The molecule has 1 N–H and O–H groups in total. The highest BCUT2D eigenvalue weighted by atomic mass is 35.5. The summed E-state index contributed by atoms with van der Waals surface area (Å²) < 4.78 is 13.0. The van der Waals surface area contributed by atoms with Crippen LogP contribution in [0.3, 0.4) is 0 Å². The zero-order chi connectivity index (χ0) is 11.5. The van der Waals surface area contributed by atoms with E-state index in [2.05, 4.69) is 5.32 Å². The van der Waals surface area contributed by atoms with Crippen LogP contribution in [0.1, 0.15) is 10.4 Å². The number of nitrogens with one attached hydrogen (secondary N) is 1. The zero-order valence-electron chi connectivity index (χ0n) is 8.76. The van der Waals surface area contributed by atoms with Crippen molar-refractivity contribution in [3.8, 4) is 0 Å². The maximum Gasteiger partial charge on any atom is 0.125 e. The fraction of sp³-hybridized carbons (Fsp3) is 0.167. The van der Waals surface area contributed by atoms with Crippen LogP contribution in [0.5, 0.6) is 0 Å². The largest absolute Gasteiger partial charge is 0.380 e. The third kappa shape index (κ3) is 2.74. The quantitative estimate of drug-likeness (QED) is 0.854. The van der Waals surface area contributed by atoms with Gasteiger partial charge in [0.1, 0.15) is 5.82 Å². The van der Waals surface area contributed by atoms with Crippen molar-refractivity contribution in [1.29, 1.82) is 0 Å². The lowest BCUT2D eigenvalue weighted by Crippen LogP contribution is -1.99. The van der Waals surface area contributed by atoms with E-state index in [-0.39, 0.29) is 5.82 Å². The predicted molar refractivity (Wildman–Crippen MR) is 67.8 cm³/mol. The number of anilines is 1. The molecule has 2 aromatic rings. The summed E-state index contributed by atoms with van der Waals surface area (Å²) in [5.74, 6) is -0.225. The van der Waals surface area contributed by atoms with Crippen molar-refractivity contribution < 1.29 is 4.39 Å². The van der Waals surface area contributed by atoms with E-state index in [1.165, 1.54) is 12.1 Å². The first-order valence-electron chi connectivity index (χ1n) is 4.88. The number of halogens is 2. The molecule has 0 amide bonds. The maximum absolute atomic E-state index is 13.0. The highest BCUT2D eigenvalue weighted by molar-refractivity contribution is 7.10. The topological polar surface area (TPSA) is 12.0 Å². The molecule has 0 saturated carbocycles. The summed E-state index contributed by atoms with van der Waals surface area (Å²) in [4.78, 5) is 1.13. The van der Waals surface area contributed by atoms with Crippen molar-refractivity contribution in [1.82, 2.24) is 0 Å². The lowest BCUT2D eigenvalue weighted by atomic mass is 10.2. The van der Waals surface area contributed by atoms with Crippen molar-refractivity contribution in [2.75, 3.05) is 5.32 Å². The van der Waals surface area contributed by atoms with Crippen molar-refractivity contribution >= 4 is 28.6 Å². The van der Waals surface area contributed by atoms with Gasteiger partial charge in [-0.1, -0.05) is 17.7 Å². The molecule has 1 aromatic heterocycles. The molecule has 2 rings (SSSR count). The lowest BCUT2D eigenvalue weighted by molar-refractivity contribution is 0.628. The molecule has 0 aliphatic rings. The molecule has 0 saturated heterocycles. The molecule has 16 heavy (non-hydrogen) atoms. The Balaban J connectivity index is 2.07. The first kappa shape index (κ1) is 11.4. The average Bonchev–Trinajstić information content (AvgIpc) is 2.66. The van der Waals surface area contributed by atoms with Gasteiger partial charge in [-0.15, -0.1) is 11.3 Å². The summed E-state index contributed by atoms with van der Waals surface area (Å²) in [6, 6.07) is 6.64. The third-order valence-corrected chi connectivity index (χ3v) is 3.56. The Morgan fingerprint density at radius 2 is 2.19 bits per heavy atom. The maximum atomic E-state index is 13.0. The van der Waals surface area contributed by atoms with Crippen molar-refractivity contribution in [3.63, 3.8) is 0 Å². The zero-order valence-corrected chi connectivity index (χ0v) is 10.3. The summed E-state index contributed by atoms with van der Waals surface area (Å²) in [7, 11) is 0. The Morgan fingerprint density at radius 3 is 2.88 bits per heavy atom. The van der Waals surface area contributed by atoms with Crippen molar-refractivity contribution in [2.45, 2.75) is 13.5 Å². The lowest BCUT2D eigenvalue weighted by Gasteiger charge is -2.08. The molecule has 1 nitrogen and oxygen atoms in total. The highest BCUT2D eigenvalue weighted by Crippen LogP contribution is 2.22. The van der Waals surface area contributed by atoms with Crippen LogP contribution in [0.25, 0.3) is 0 Å². The van der Waals surface area contributed by atoms with Crippen LogP contribution in [0.2, 0.25) is 5.02 Å². The number of hydrogen-bond acceptors (Lipinski definition) is 2. The molecule has 1 heterocycles. The van der Waals surface area contributed by atoms with Gasteiger partial charge in [-0.3, -0.25) is 0 Å². The van der Waals surface area contributed by atoms with E-state index in [1.54, 1.807) is 17.4 Å². The van der Waals surface area contributed by atoms with Gasteiger partial charge in [0, 0.05) is 22.5 Å². The van der Waals surface area contributed by atoms with Gasteiger partial charge < -0.3 is 5.32 Å². The van der Waals surface area contributed by atoms with Crippen LogP contribution in [-0.2, 0) is 6.54 Å². The van der Waals surface area contributed by atoms with Crippen LogP contribution in [0, 0.1) is 12.7 Å². The molecule has 0 atom stereocenters. The van der Waals surface area contributed by atoms with Gasteiger partial charge in [-0.25, -0.2) is 4.39 Å². The van der Waals surface area contributed by atoms with E-state index in [0.29, 0.717) is 6.54 Å². The second kappa shape index (κ2) is 4.85. The minimum atomic E-state index is -0.225. The second-order valence-corrected chi connectivity index (χ2v) is 4.98. The number of aryl methyl sites for hydroxylation is 1. The molecule has 0 radical (unpaired) electrons. The van der Waals surface area contributed by atoms with Gasteiger partial charge in [0.05, 0.1) is 5.02 Å². The summed E-state index contributed by atoms with van der Waals surface area (Å²) in [6.45, 7) is 2.62. The summed E-state index contributed by atoms with van der Waals surface area (Å²) in [5, 5.41) is 5.83. The van der Waals surface area contributed by atoms with Crippen molar-refractivity contribution in [2.24, 2.45) is 0 Å². The molecule has 0 bridgehead atoms. The number of rotatable bonds is 3. The van der Waals surface area contributed by atoms with Gasteiger partial charge in [0.15, 0.2) is 0 Å². The van der Waals surface area contributed by atoms with Gasteiger partial charge in [0.25, 0.3) is 0 Å². The first-order chi connectivity index (χ1) is 7.65. The highest BCUT2D eigenvalue weighted by Gasteiger charge is 2.01. The monoisotopic (exact) mass is 255 g/mol. The van der Waals surface area contributed by atoms with E-state index >= 15 is 0 Å². The number of thiophene rings is 1. The fourth-order valence-corrected chi connectivity index (χ4v) is 2.43. The van der Waals surface area contributed by atoms with Crippen LogP contribution in [0.4, 0.5) is 10.1 Å². The molecule has 0 spiro atoms. The first-order valence-corrected chi connectivity index (χ1v) is 6.14. The third-order valence-electron chi connectivity index (χ3n) is 2.27. The number of benzene rings is 1. The van der Waals surface area contributed by atoms with Crippen molar-refractivity contribution in [3.05, 3.63) is 50.9 Å². The van der Waals surface area contributed by atoms with Crippen LogP contribution >= 0.6 is 22.9 Å². The van der Waals surface area contributed by atoms with Gasteiger partial charge in [-0.2, -0.15) is 0 Å². The molecule has 0 fully saturated rings. The Bertz CT molecular complexity index is 496. The van der Waals surface area contributed by atoms with Gasteiger partial charge >= 0.3 is 0 Å². The Kier molecular flexibility index (Phi) is 3.46. The molecular formula is C12H11ClFNS. The van der Waals surface area contributed by atoms with E-state index in [0.717, 1.165) is 21.2 Å². The molecule has 0 aliphatic carbocycles. The predicted octanol–water partition coefficient (Wildman–Crippen LogP) is 4.46. The fourth-order valence-electron chi connectivity index (χ4n) is 1.41. The molecular weight excluding hydrogens is 245 g/mol. The minimum Gasteiger partial charge on any atom is -0.380 e. The normalized spacial score (nSPS) is 10.4. The summed E-state index contributed by atoms with van der Waals surface area (Å²) in [5.41, 5.74) is 1.86. The van der Waals surface area contributed by atoms with Crippen LogP contribution < -0.4 is 5.32 Å². The molecule has 84 valence electrons. The van der Waals surface area contributed by atoms with E-state index in [1.807, 2.05) is 18.4 Å². The minimum absolute atomic E-state index is 0.225. The standard InChI is InChI=1S/C12H11ClFNS/c1-8-2-3-10(14)5-12(8)15-6-11-4-9(13)7-16-11/h2-5,7,15H,6H2,1H3. The number of hydrogen-bond donors (Lipinski definition) is 1. The summed E-state index contributed by atoms with van der Waals surface area (Å²) >= 11 is 7.41. The smallest absolute Gasteiger partial charge is 0.125 e. The SMILES string of the molecule is Cc1ccc(F)cc1NCc1cc(Cl)cs1. The van der Waals surface area contributed by atoms with Crippen LogP contribution in [0.15, 0.2) is 29.6 Å². The van der Waals surface area contributed by atoms with Gasteiger partial charge in [0.2, 0.25) is 0 Å². The van der Waals surface area contributed by atoms with E-state index in [4.69, 9.17) is 11.6 Å². The van der Waals surface area contributed by atoms with E-state index < -0.39 is 0 Å². The molecule has 4 heteroatoms. The van der Waals surface area contributed by atoms with Gasteiger partial charge in [-0.05, 0) is 30.7 Å². The summed E-state index contributed by atoms with van der Waals surface area (Å²) in [6.07, 6.45) is 0. The molecule has 0 aliphatic heterocycles. The second-order valence-electron chi connectivity index (χ2n) is 3.54. The molecule has 1 aromatic carbocycles.